The molecule has 9 heteroatoms. The van der Waals surface area contributed by atoms with Crippen LogP contribution in [0.3, 0.4) is 0 Å². The molecule has 1 saturated heterocycles. The number of carbonyl (C=O) groups is 2. The molecule has 0 aliphatic carbocycles. The van der Waals surface area contributed by atoms with Crippen LogP contribution in [-0.4, -0.2) is 40.6 Å². The van der Waals surface area contributed by atoms with Gasteiger partial charge in [-0.1, -0.05) is 12.1 Å². The number of amides is 2. The number of para-hydroxylation sites is 2. The zero-order valence-electron chi connectivity index (χ0n) is 16.6. The average Bonchev–Trinajstić information content (AvgIpc) is 3.45. The smallest absolute Gasteiger partial charge is 0.253 e. The second-order valence-electron chi connectivity index (χ2n) is 7.75. The van der Waals surface area contributed by atoms with Gasteiger partial charge in [-0.25, -0.2) is 13.8 Å². The van der Waals surface area contributed by atoms with Crippen molar-refractivity contribution >= 4 is 34.5 Å². The normalized spacial score (nSPS) is 20.5. The molecule has 1 aromatic heterocycles. The first-order chi connectivity index (χ1) is 15.0. The van der Waals surface area contributed by atoms with Crippen molar-refractivity contribution < 1.29 is 23.1 Å². The number of hydrogen-bond donors (Lipinski definition) is 1. The highest BCUT2D eigenvalue weighted by Gasteiger charge is 2.42. The fourth-order valence-electron chi connectivity index (χ4n) is 4.22. The third kappa shape index (κ3) is 3.54. The van der Waals surface area contributed by atoms with Crippen LogP contribution in [0.5, 0.6) is 0 Å². The van der Waals surface area contributed by atoms with Gasteiger partial charge < -0.3 is 10.1 Å². The first kappa shape index (κ1) is 19.6. The Morgan fingerprint density at radius 3 is 2.81 bits per heavy atom. The summed E-state index contributed by atoms with van der Waals surface area (Å²) >= 11 is 0. The summed E-state index contributed by atoms with van der Waals surface area (Å²) < 4.78 is 34.1. The van der Waals surface area contributed by atoms with Crippen LogP contribution < -0.4 is 10.2 Å². The van der Waals surface area contributed by atoms with E-state index < -0.39 is 23.6 Å². The molecule has 0 bridgehead atoms. The Kier molecular flexibility index (Phi) is 4.90. The van der Waals surface area contributed by atoms with Crippen LogP contribution in [0.25, 0.3) is 11.0 Å². The molecule has 0 spiro atoms. The number of halogens is 2. The van der Waals surface area contributed by atoms with Crippen molar-refractivity contribution in [3.63, 3.8) is 0 Å². The number of rotatable bonds is 5. The number of nitrogens with zero attached hydrogens (tertiary/aromatic N) is 3. The number of ether oxygens (including phenoxy) is 1. The first-order valence-electron chi connectivity index (χ1n) is 10.2. The van der Waals surface area contributed by atoms with Crippen molar-refractivity contribution in [1.82, 2.24) is 9.55 Å². The summed E-state index contributed by atoms with van der Waals surface area (Å²) in [5.74, 6) is -2.27. The Hall–Kier alpha value is -3.33. The highest BCUT2D eigenvalue weighted by Crippen LogP contribution is 2.37. The van der Waals surface area contributed by atoms with Crippen molar-refractivity contribution in [2.75, 3.05) is 23.4 Å². The molecule has 3 aromatic rings. The molecule has 2 aliphatic heterocycles. The fraction of sp³-hybridized carbons (Fsp3) is 0.318. The Morgan fingerprint density at radius 2 is 2.03 bits per heavy atom. The minimum atomic E-state index is -1.06. The van der Waals surface area contributed by atoms with Crippen LogP contribution in [0, 0.1) is 11.6 Å². The van der Waals surface area contributed by atoms with Crippen LogP contribution in [0.4, 0.5) is 20.4 Å². The van der Waals surface area contributed by atoms with Crippen molar-refractivity contribution in [2.45, 2.75) is 31.4 Å². The number of anilines is 2. The van der Waals surface area contributed by atoms with Gasteiger partial charge in [0.2, 0.25) is 11.9 Å². The van der Waals surface area contributed by atoms with E-state index in [0.29, 0.717) is 19.1 Å². The van der Waals surface area contributed by atoms with Gasteiger partial charge in [0.1, 0.15) is 6.04 Å². The van der Waals surface area contributed by atoms with Crippen molar-refractivity contribution in [2.24, 2.45) is 0 Å². The van der Waals surface area contributed by atoms with Crippen LogP contribution >= 0.6 is 0 Å². The lowest BCUT2D eigenvalue weighted by atomic mass is 10.1. The molecule has 7 nitrogen and oxygen atoms in total. The molecular formula is C22H20F2N4O3. The maximum absolute atomic E-state index is 13.5. The van der Waals surface area contributed by atoms with Crippen LogP contribution in [0.2, 0.25) is 0 Å². The standard InChI is InChI=1S/C22H20F2N4O3/c23-15-8-7-13(10-16(15)24)25-20(29)11-19-21(30)27(12-14-4-3-9-31-14)22-26-17-5-1-2-6-18(17)28(19)22/h1-2,5-8,10,14,19H,3-4,9,11-12H2,(H,25,29)/t14-,19-/m0/s1. The molecule has 160 valence electrons. The molecule has 2 aliphatic rings. The van der Waals surface area contributed by atoms with E-state index in [2.05, 4.69) is 10.3 Å². The quantitative estimate of drug-likeness (QED) is 0.679. The van der Waals surface area contributed by atoms with E-state index in [0.717, 1.165) is 36.0 Å². The van der Waals surface area contributed by atoms with Crippen molar-refractivity contribution in [3.8, 4) is 0 Å². The van der Waals surface area contributed by atoms with E-state index in [1.807, 2.05) is 24.3 Å². The second kappa shape index (κ2) is 7.73. The summed E-state index contributed by atoms with van der Waals surface area (Å²) in [6, 6.07) is 9.76. The molecule has 1 N–H and O–H groups in total. The Morgan fingerprint density at radius 1 is 1.19 bits per heavy atom. The lowest BCUT2D eigenvalue weighted by Crippen LogP contribution is -2.37. The number of nitrogens with one attached hydrogen (secondary N) is 1. The summed E-state index contributed by atoms with van der Waals surface area (Å²) in [6.07, 6.45) is 1.59. The predicted molar refractivity (Wildman–Crippen MR) is 110 cm³/mol. The number of aromatic nitrogens is 2. The zero-order valence-corrected chi connectivity index (χ0v) is 16.6. The van der Waals surface area contributed by atoms with Gasteiger partial charge in [0.05, 0.1) is 30.1 Å². The molecule has 31 heavy (non-hydrogen) atoms. The Balaban J connectivity index is 1.43. The Bertz CT molecular complexity index is 1170. The number of benzene rings is 2. The average molecular weight is 426 g/mol. The van der Waals surface area contributed by atoms with Crippen LogP contribution in [-0.2, 0) is 14.3 Å². The topological polar surface area (TPSA) is 76.5 Å². The predicted octanol–water partition coefficient (Wildman–Crippen LogP) is 3.41. The van der Waals surface area contributed by atoms with E-state index in [4.69, 9.17) is 4.74 Å². The summed E-state index contributed by atoms with van der Waals surface area (Å²) in [4.78, 5) is 32.1. The second-order valence-corrected chi connectivity index (χ2v) is 7.75. The number of fused-ring (bicyclic) bond motifs is 3. The third-order valence-electron chi connectivity index (χ3n) is 5.67. The zero-order chi connectivity index (χ0) is 21.5. The summed E-state index contributed by atoms with van der Waals surface area (Å²) in [6.45, 7) is 1.05. The van der Waals surface area contributed by atoms with Gasteiger partial charge in [-0.2, -0.15) is 0 Å². The summed E-state index contributed by atoms with van der Waals surface area (Å²) in [5.41, 5.74) is 1.61. The third-order valence-corrected chi connectivity index (χ3v) is 5.67. The monoisotopic (exact) mass is 426 g/mol. The highest BCUT2D eigenvalue weighted by atomic mass is 19.2. The molecule has 1 fully saturated rings. The summed E-state index contributed by atoms with van der Waals surface area (Å²) in [5, 5.41) is 2.54. The molecule has 5 rings (SSSR count). The molecule has 3 heterocycles. The van der Waals surface area contributed by atoms with E-state index in [-0.39, 0.29) is 24.1 Å². The van der Waals surface area contributed by atoms with E-state index in [1.54, 1.807) is 9.47 Å². The number of imidazole rings is 1. The molecule has 0 radical (unpaired) electrons. The SMILES string of the molecule is O=C(C[C@H]1C(=O)N(C[C@@H]2CCCO2)c2nc3ccccc3n21)Nc1ccc(F)c(F)c1. The molecule has 2 amide bonds. The van der Waals surface area contributed by atoms with Crippen molar-refractivity contribution in [3.05, 3.63) is 54.1 Å². The maximum atomic E-state index is 13.5. The van der Waals surface area contributed by atoms with Crippen molar-refractivity contribution in [1.29, 1.82) is 0 Å². The minimum Gasteiger partial charge on any atom is -0.376 e. The largest absolute Gasteiger partial charge is 0.376 e. The molecule has 0 saturated carbocycles. The Labute approximate surface area is 176 Å². The van der Waals surface area contributed by atoms with Gasteiger partial charge in [0, 0.05) is 18.4 Å². The van der Waals surface area contributed by atoms with Gasteiger partial charge in [0.25, 0.3) is 5.91 Å². The maximum Gasteiger partial charge on any atom is 0.253 e. The van der Waals surface area contributed by atoms with Gasteiger partial charge in [-0.15, -0.1) is 0 Å². The first-order valence-corrected chi connectivity index (χ1v) is 10.2. The fourth-order valence-corrected chi connectivity index (χ4v) is 4.22. The number of carbonyl (C=O) groups excluding carboxylic acids is 2. The van der Waals surface area contributed by atoms with Crippen LogP contribution in [0.1, 0.15) is 25.3 Å². The molecule has 0 unspecified atom stereocenters. The molecule has 2 aromatic carbocycles. The van der Waals surface area contributed by atoms with E-state index in [1.165, 1.54) is 6.07 Å². The van der Waals surface area contributed by atoms with Gasteiger partial charge in [0.15, 0.2) is 11.6 Å². The van der Waals surface area contributed by atoms with E-state index in [9.17, 15) is 18.4 Å². The molecule has 2 atom stereocenters. The lowest BCUT2D eigenvalue weighted by Gasteiger charge is -2.19. The summed E-state index contributed by atoms with van der Waals surface area (Å²) in [7, 11) is 0. The molecular weight excluding hydrogens is 406 g/mol. The van der Waals surface area contributed by atoms with E-state index >= 15 is 0 Å². The van der Waals surface area contributed by atoms with Gasteiger partial charge in [-0.3, -0.25) is 19.1 Å². The van der Waals surface area contributed by atoms with Gasteiger partial charge in [-0.05, 0) is 37.1 Å². The minimum absolute atomic E-state index is 0.0630. The van der Waals surface area contributed by atoms with Gasteiger partial charge >= 0.3 is 0 Å². The number of hydrogen-bond acceptors (Lipinski definition) is 4. The lowest BCUT2D eigenvalue weighted by molar-refractivity contribution is -0.124. The highest BCUT2D eigenvalue weighted by molar-refractivity contribution is 6.05. The van der Waals surface area contributed by atoms with Crippen LogP contribution in [0.15, 0.2) is 42.5 Å².